The van der Waals surface area contributed by atoms with Crippen molar-refractivity contribution < 1.29 is 42.1 Å². The predicted molar refractivity (Wildman–Crippen MR) is 188 cm³/mol. The lowest BCUT2D eigenvalue weighted by Crippen LogP contribution is -2.48. The maximum atomic E-state index is 14.4. The standard InChI is InChI=1S/C36H46N4O9S/c1-24-20-40(25(2)22-41)35(42)30-18-27(37-36(43)38-28-14-16-32-33(19-28)48-23-47-32)13-15-31(30)49-26(3)10-8-9-17-46-34(24)21-39(4)50(44,45)29-11-6-5-7-12-29/h5-7,11-16,18-19,24-26,34,41H,8-10,17,20-23H2,1-4H3,(H2,37,38,43)/t24-,25-,26+,34+/m0/s1. The number of hydrogen-bond acceptors (Lipinski definition) is 9. The SMILES string of the molecule is C[C@@H]1CCCCO[C@H](CN(C)S(=O)(=O)c2ccccc2)[C@@H](C)CN([C@@H](C)CO)C(=O)c2cc(NC(=O)Nc3ccc4c(c3)OCO4)ccc2O1. The van der Waals surface area contributed by atoms with Crippen molar-refractivity contribution in [3.05, 3.63) is 72.3 Å². The predicted octanol–water partition coefficient (Wildman–Crippen LogP) is 5.18. The third-order valence-corrected chi connectivity index (χ3v) is 10.7. The van der Waals surface area contributed by atoms with Gasteiger partial charge in [-0.1, -0.05) is 25.1 Å². The highest BCUT2D eigenvalue weighted by atomic mass is 32.2. The molecule has 14 heteroatoms. The third-order valence-electron chi connectivity index (χ3n) is 8.83. The minimum absolute atomic E-state index is 0.0661. The van der Waals surface area contributed by atoms with Crippen LogP contribution in [-0.4, -0.2) is 93.1 Å². The second-order valence-electron chi connectivity index (χ2n) is 12.8. The number of nitrogens with zero attached hydrogens (tertiary/aromatic N) is 2. The summed E-state index contributed by atoms with van der Waals surface area (Å²) in [6.45, 7) is 5.99. The third kappa shape index (κ3) is 9.04. The van der Waals surface area contributed by atoms with Gasteiger partial charge >= 0.3 is 6.03 Å². The van der Waals surface area contributed by atoms with Crippen molar-refractivity contribution in [1.82, 2.24) is 9.21 Å². The molecule has 0 bridgehead atoms. The maximum absolute atomic E-state index is 14.4. The molecule has 0 aromatic heterocycles. The summed E-state index contributed by atoms with van der Waals surface area (Å²) in [5.41, 5.74) is 1.06. The number of aliphatic hydroxyl groups is 1. The number of sulfonamides is 1. The van der Waals surface area contributed by atoms with Crippen LogP contribution in [0.2, 0.25) is 0 Å². The first-order valence-electron chi connectivity index (χ1n) is 16.8. The van der Waals surface area contributed by atoms with Gasteiger partial charge < -0.3 is 39.6 Å². The number of anilines is 2. The number of carbonyl (C=O) groups is 2. The Morgan fingerprint density at radius 2 is 1.66 bits per heavy atom. The zero-order valence-corrected chi connectivity index (χ0v) is 29.6. The van der Waals surface area contributed by atoms with Gasteiger partial charge in [-0.3, -0.25) is 4.79 Å². The number of nitrogens with one attached hydrogen (secondary N) is 2. The van der Waals surface area contributed by atoms with Crippen molar-refractivity contribution in [3.8, 4) is 17.2 Å². The number of benzene rings is 3. The number of hydrogen-bond donors (Lipinski definition) is 3. The van der Waals surface area contributed by atoms with Crippen LogP contribution in [0.4, 0.5) is 16.2 Å². The van der Waals surface area contributed by atoms with E-state index in [0.717, 1.165) is 12.8 Å². The van der Waals surface area contributed by atoms with Gasteiger partial charge in [-0.15, -0.1) is 0 Å². The lowest BCUT2D eigenvalue weighted by Gasteiger charge is -2.35. The van der Waals surface area contributed by atoms with E-state index in [1.807, 2.05) is 13.8 Å². The molecular weight excluding hydrogens is 664 g/mol. The van der Waals surface area contributed by atoms with Crippen LogP contribution in [0.15, 0.2) is 71.6 Å². The van der Waals surface area contributed by atoms with E-state index >= 15 is 0 Å². The number of ether oxygens (including phenoxy) is 4. The molecule has 3 aromatic rings. The molecule has 4 atom stereocenters. The van der Waals surface area contributed by atoms with Gasteiger partial charge in [0, 0.05) is 50.1 Å². The summed E-state index contributed by atoms with van der Waals surface area (Å²) in [7, 11) is -2.26. The van der Waals surface area contributed by atoms with Crippen LogP contribution in [0, 0.1) is 5.92 Å². The Balaban J connectivity index is 1.39. The molecule has 270 valence electrons. The van der Waals surface area contributed by atoms with Crippen LogP contribution >= 0.6 is 0 Å². The van der Waals surface area contributed by atoms with Crippen molar-refractivity contribution >= 4 is 33.3 Å². The van der Waals surface area contributed by atoms with Crippen LogP contribution in [0.1, 0.15) is 50.4 Å². The maximum Gasteiger partial charge on any atom is 0.323 e. The first-order chi connectivity index (χ1) is 24.0. The van der Waals surface area contributed by atoms with Crippen LogP contribution in [0.3, 0.4) is 0 Å². The monoisotopic (exact) mass is 710 g/mol. The van der Waals surface area contributed by atoms with Gasteiger partial charge in [-0.25, -0.2) is 13.2 Å². The summed E-state index contributed by atoms with van der Waals surface area (Å²) in [5, 5.41) is 15.8. The number of rotatable bonds is 8. The van der Waals surface area contributed by atoms with Crippen molar-refractivity contribution in [1.29, 1.82) is 0 Å². The molecule has 50 heavy (non-hydrogen) atoms. The van der Waals surface area contributed by atoms with E-state index in [2.05, 4.69) is 10.6 Å². The minimum Gasteiger partial charge on any atom is -0.490 e. The van der Waals surface area contributed by atoms with Gasteiger partial charge in [0.2, 0.25) is 16.8 Å². The van der Waals surface area contributed by atoms with Crippen molar-refractivity contribution in [2.24, 2.45) is 5.92 Å². The average molecular weight is 711 g/mol. The van der Waals surface area contributed by atoms with Gasteiger partial charge in [0.25, 0.3) is 5.91 Å². The van der Waals surface area contributed by atoms with Crippen LogP contribution in [0.5, 0.6) is 17.2 Å². The molecule has 0 saturated carbocycles. The Hall–Kier alpha value is -4.37. The van der Waals surface area contributed by atoms with Gasteiger partial charge in [0.1, 0.15) is 5.75 Å². The molecule has 2 aliphatic heterocycles. The largest absolute Gasteiger partial charge is 0.490 e. The summed E-state index contributed by atoms with van der Waals surface area (Å²) >= 11 is 0. The second-order valence-corrected chi connectivity index (χ2v) is 14.8. The zero-order valence-electron chi connectivity index (χ0n) is 28.8. The number of likely N-dealkylation sites (N-methyl/N-ethyl adjacent to an activating group) is 1. The van der Waals surface area contributed by atoms with Gasteiger partial charge in [0.05, 0.1) is 35.3 Å². The summed E-state index contributed by atoms with van der Waals surface area (Å²) in [6, 6.07) is 17.0. The number of fused-ring (bicyclic) bond motifs is 2. The molecule has 3 aromatic carbocycles. The summed E-state index contributed by atoms with van der Waals surface area (Å²) in [4.78, 5) is 29.1. The van der Waals surface area contributed by atoms with Crippen LogP contribution < -0.4 is 24.8 Å². The molecule has 0 spiro atoms. The minimum atomic E-state index is -3.79. The Labute approximate surface area is 293 Å². The van der Waals surface area contributed by atoms with E-state index in [1.165, 1.54) is 11.4 Å². The molecule has 2 heterocycles. The smallest absolute Gasteiger partial charge is 0.323 e. The number of amides is 3. The molecule has 3 amide bonds. The first-order valence-corrected chi connectivity index (χ1v) is 18.2. The summed E-state index contributed by atoms with van der Waals surface area (Å²) in [6.07, 6.45) is 1.42. The molecule has 0 aliphatic carbocycles. The summed E-state index contributed by atoms with van der Waals surface area (Å²) in [5.74, 6) is 0.719. The second kappa shape index (κ2) is 16.6. The van der Waals surface area contributed by atoms with Crippen LogP contribution in [0.25, 0.3) is 0 Å². The fourth-order valence-corrected chi connectivity index (χ4v) is 7.06. The zero-order chi connectivity index (χ0) is 35.8. The Kier molecular flexibility index (Phi) is 12.2. The van der Waals surface area contributed by atoms with E-state index in [9.17, 15) is 23.1 Å². The Morgan fingerprint density at radius 1 is 0.980 bits per heavy atom. The first kappa shape index (κ1) is 36.9. The molecule has 0 unspecified atom stereocenters. The lowest BCUT2D eigenvalue weighted by atomic mass is 10.0. The van der Waals surface area contributed by atoms with Crippen molar-refractivity contribution in [2.75, 3.05) is 50.8 Å². The van der Waals surface area contributed by atoms with E-state index in [4.69, 9.17) is 18.9 Å². The molecule has 0 radical (unpaired) electrons. The average Bonchev–Trinajstić information content (AvgIpc) is 3.57. The van der Waals surface area contributed by atoms with Crippen molar-refractivity contribution in [3.63, 3.8) is 0 Å². The molecule has 0 fully saturated rings. The highest BCUT2D eigenvalue weighted by Crippen LogP contribution is 2.34. The molecule has 0 saturated heterocycles. The fraction of sp³-hybridized carbons (Fsp3) is 0.444. The number of aliphatic hydroxyl groups excluding tert-OH is 1. The molecule has 3 N–H and O–H groups in total. The summed E-state index contributed by atoms with van der Waals surface area (Å²) < 4.78 is 51.4. The quantitative estimate of drug-likeness (QED) is 0.287. The van der Waals surface area contributed by atoms with E-state index < -0.39 is 34.1 Å². The molecular formula is C36H46N4O9S. The Bertz CT molecular complexity index is 1740. The topological polar surface area (TPSA) is 156 Å². The lowest BCUT2D eigenvalue weighted by molar-refractivity contribution is -0.00833. The number of urea groups is 1. The highest BCUT2D eigenvalue weighted by molar-refractivity contribution is 7.89. The van der Waals surface area contributed by atoms with Gasteiger partial charge in [-0.2, -0.15) is 4.31 Å². The molecule has 2 aliphatic rings. The molecule has 5 rings (SSSR count). The van der Waals surface area contributed by atoms with Gasteiger partial charge in [-0.05, 0) is 75.6 Å². The van der Waals surface area contributed by atoms with Gasteiger partial charge in [0.15, 0.2) is 11.5 Å². The van der Waals surface area contributed by atoms with Crippen molar-refractivity contribution in [2.45, 2.75) is 63.2 Å². The molecule has 13 nitrogen and oxygen atoms in total. The van der Waals surface area contributed by atoms with E-state index in [0.29, 0.717) is 41.7 Å². The fourth-order valence-electron chi connectivity index (χ4n) is 5.85. The normalized spacial score (nSPS) is 20.7. The highest BCUT2D eigenvalue weighted by Gasteiger charge is 2.32. The van der Waals surface area contributed by atoms with E-state index in [1.54, 1.807) is 78.6 Å². The number of carbonyl (C=O) groups excluding carboxylic acids is 2. The Morgan fingerprint density at radius 3 is 2.38 bits per heavy atom. The van der Waals surface area contributed by atoms with Crippen LogP contribution in [-0.2, 0) is 14.8 Å². The van der Waals surface area contributed by atoms with E-state index in [-0.39, 0.29) is 49.0 Å².